The van der Waals surface area contributed by atoms with Gasteiger partial charge in [-0.3, -0.25) is 4.68 Å². The molecular weight excluding hydrogens is 408 g/mol. The Balaban J connectivity index is 1.49. The molecule has 0 radical (unpaired) electrons. The standard InChI is InChI=1S/C28H34N4O/c1-4-30(5-2)28(33)29-32-19-22-18-26-23(24-13-9-15-25(32)27(22)24)14-10-16-31(26)20(3)17-21-11-7-6-8-12-21/h6-9,11-13,15,17,19,23,26H,4-5,10,14,16,18H2,1-3H3,(H,29,33)/b20-17-/t23-,26-/m1/s1. The summed E-state index contributed by atoms with van der Waals surface area (Å²) in [5, 5.41) is 1.34. The van der Waals surface area contributed by atoms with Crippen molar-refractivity contribution >= 4 is 23.0 Å². The van der Waals surface area contributed by atoms with Crippen LogP contribution in [-0.4, -0.2) is 46.2 Å². The highest BCUT2D eigenvalue weighted by atomic mass is 16.2. The highest BCUT2D eigenvalue weighted by Gasteiger charge is 2.38. The number of benzene rings is 2. The summed E-state index contributed by atoms with van der Waals surface area (Å²) in [5.41, 5.74) is 9.59. The van der Waals surface area contributed by atoms with Crippen LogP contribution in [0.25, 0.3) is 17.0 Å². The number of nitrogens with one attached hydrogen (secondary N) is 1. The number of amides is 2. The number of hydrogen-bond acceptors (Lipinski definition) is 2. The summed E-state index contributed by atoms with van der Waals surface area (Å²) in [6.07, 6.45) is 7.89. The van der Waals surface area contributed by atoms with E-state index in [4.69, 9.17) is 0 Å². The predicted molar refractivity (Wildman–Crippen MR) is 136 cm³/mol. The average molecular weight is 443 g/mol. The minimum absolute atomic E-state index is 0.0474. The molecule has 0 saturated carbocycles. The number of rotatable bonds is 5. The summed E-state index contributed by atoms with van der Waals surface area (Å²) in [4.78, 5) is 17.2. The van der Waals surface area contributed by atoms with E-state index in [0.717, 1.165) is 18.5 Å². The summed E-state index contributed by atoms with van der Waals surface area (Å²) >= 11 is 0. The molecule has 2 atom stereocenters. The Morgan fingerprint density at radius 2 is 1.91 bits per heavy atom. The van der Waals surface area contributed by atoms with Gasteiger partial charge in [0.1, 0.15) is 0 Å². The normalized spacial score (nSPS) is 20.0. The minimum atomic E-state index is -0.0474. The Morgan fingerprint density at radius 1 is 1.12 bits per heavy atom. The zero-order chi connectivity index (χ0) is 22.9. The lowest BCUT2D eigenvalue weighted by atomic mass is 9.75. The summed E-state index contributed by atoms with van der Waals surface area (Å²) in [6, 6.07) is 17.6. The van der Waals surface area contributed by atoms with Crippen molar-refractivity contribution in [2.24, 2.45) is 0 Å². The van der Waals surface area contributed by atoms with E-state index in [1.165, 1.54) is 40.6 Å². The van der Waals surface area contributed by atoms with E-state index in [1.807, 2.05) is 23.4 Å². The number of likely N-dealkylation sites (tertiary alicyclic amines) is 1. The number of nitrogens with zero attached hydrogens (tertiary/aromatic N) is 3. The topological polar surface area (TPSA) is 40.5 Å². The number of carbonyl (C=O) groups excluding carboxylic acids is 1. The quantitative estimate of drug-likeness (QED) is 0.542. The molecule has 33 heavy (non-hydrogen) atoms. The van der Waals surface area contributed by atoms with Crippen LogP contribution in [0.15, 0.2) is 60.4 Å². The second-order valence-electron chi connectivity index (χ2n) is 9.26. The van der Waals surface area contributed by atoms with E-state index in [9.17, 15) is 4.79 Å². The molecule has 2 amide bonds. The van der Waals surface area contributed by atoms with Crippen LogP contribution < -0.4 is 5.43 Å². The van der Waals surface area contributed by atoms with Gasteiger partial charge in [-0.1, -0.05) is 42.5 Å². The van der Waals surface area contributed by atoms with Gasteiger partial charge in [-0.25, -0.2) is 10.2 Å². The maximum atomic E-state index is 12.8. The third-order valence-corrected chi connectivity index (χ3v) is 7.44. The van der Waals surface area contributed by atoms with Crippen molar-refractivity contribution in [1.29, 1.82) is 0 Å². The number of aromatic nitrogens is 1. The van der Waals surface area contributed by atoms with Gasteiger partial charge in [0, 0.05) is 48.9 Å². The SMILES string of the molecule is CCN(CC)C(=O)Nn1cc2c3c(cccc31)[C@H]1CCCN(/C(C)=C\c3ccccc3)[C@@H]1C2. The maximum absolute atomic E-state index is 12.8. The van der Waals surface area contributed by atoms with Gasteiger partial charge in [0.15, 0.2) is 0 Å². The molecule has 2 aliphatic rings. The van der Waals surface area contributed by atoms with Gasteiger partial charge in [0.25, 0.3) is 0 Å². The lowest BCUT2D eigenvalue weighted by molar-refractivity contribution is 0.166. The average Bonchev–Trinajstić information content (AvgIpc) is 3.18. The minimum Gasteiger partial charge on any atom is -0.371 e. The van der Waals surface area contributed by atoms with Crippen LogP contribution in [0.5, 0.6) is 0 Å². The predicted octanol–water partition coefficient (Wildman–Crippen LogP) is 5.81. The number of urea groups is 1. The summed E-state index contributed by atoms with van der Waals surface area (Å²) < 4.78 is 1.95. The van der Waals surface area contributed by atoms with Crippen LogP contribution in [0.3, 0.4) is 0 Å². The molecule has 1 fully saturated rings. The van der Waals surface area contributed by atoms with E-state index >= 15 is 0 Å². The summed E-state index contributed by atoms with van der Waals surface area (Å²) in [7, 11) is 0. The van der Waals surface area contributed by atoms with Gasteiger partial charge < -0.3 is 9.80 Å². The highest BCUT2D eigenvalue weighted by molar-refractivity contribution is 5.92. The second kappa shape index (κ2) is 8.97. The molecule has 5 heteroatoms. The highest BCUT2D eigenvalue weighted by Crippen LogP contribution is 2.44. The van der Waals surface area contributed by atoms with Gasteiger partial charge in [-0.15, -0.1) is 0 Å². The van der Waals surface area contributed by atoms with E-state index in [1.54, 1.807) is 0 Å². The first-order chi connectivity index (χ1) is 16.1. The molecule has 5 nitrogen and oxygen atoms in total. The smallest absolute Gasteiger partial charge is 0.336 e. The van der Waals surface area contributed by atoms with Crippen LogP contribution in [-0.2, 0) is 6.42 Å². The molecule has 5 rings (SSSR count). The van der Waals surface area contributed by atoms with E-state index in [2.05, 4.69) is 78.1 Å². The fourth-order valence-electron chi connectivity index (χ4n) is 5.85. The van der Waals surface area contributed by atoms with E-state index < -0.39 is 0 Å². The Morgan fingerprint density at radius 3 is 2.67 bits per heavy atom. The van der Waals surface area contributed by atoms with Crippen molar-refractivity contribution < 1.29 is 4.79 Å². The zero-order valence-electron chi connectivity index (χ0n) is 19.9. The van der Waals surface area contributed by atoms with Crippen LogP contribution in [0, 0.1) is 0 Å². The first-order valence-corrected chi connectivity index (χ1v) is 12.3. The first kappa shape index (κ1) is 21.6. The lowest BCUT2D eigenvalue weighted by Crippen LogP contribution is -2.45. The lowest BCUT2D eigenvalue weighted by Gasteiger charge is -2.45. The van der Waals surface area contributed by atoms with Gasteiger partial charge >= 0.3 is 6.03 Å². The van der Waals surface area contributed by atoms with Gasteiger partial charge in [-0.2, -0.15) is 0 Å². The molecule has 1 aromatic heterocycles. The number of piperidine rings is 1. The second-order valence-corrected chi connectivity index (χ2v) is 9.26. The molecule has 1 aliphatic heterocycles. The van der Waals surface area contributed by atoms with Crippen molar-refractivity contribution in [3.05, 3.63) is 77.1 Å². The molecule has 0 bridgehead atoms. The van der Waals surface area contributed by atoms with Crippen LogP contribution >= 0.6 is 0 Å². The van der Waals surface area contributed by atoms with Crippen LogP contribution in [0.2, 0.25) is 0 Å². The molecule has 2 heterocycles. The number of allylic oxidation sites excluding steroid dienone is 1. The number of fused-ring (bicyclic) bond motifs is 2. The molecule has 172 valence electrons. The molecular formula is C28H34N4O. The summed E-state index contributed by atoms with van der Waals surface area (Å²) in [6.45, 7) is 8.78. The Hall–Kier alpha value is -3.21. The molecule has 0 spiro atoms. The third-order valence-electron chi connectivity index (χ3n) is 7.44. The fraction of sp³-hybridized carbons (Fsp3) is 0.393. The molecule has 1 N–H and O–H groups in total. The van der Waals surface area contributed by atoms with Gasteiger partial charge in [0.2, 0.25) is 0 Å². The van der Waals surface area contributed by atoms with E-state index in [0.29, 0.717) is 25.0 Å². The maximum Gasteiger partial charge on any atom is 0.336 e. The van der Waals surface area contributed by atoms with Crippen molar-refractivity contribution in [2.75, 3.05) is 25.1 Å². The Labute approximate surface area is 196 Å². The van der Waals surface area contributed by atoms with Crippen molar-refractivity contribution in [3.8, 4) is 0 Å². The zero-order valence-corrected chi connectivity index (χ0v) is 19.9. The Kier molecular flexibility index (Phi) is 5.88. The monoisotopic (exact) mass is 442 g/mol. The molecule has 3 aromatic rings. The van der Waals surface area contributed by atoms with Crippen molar-refractivity contribution in [3.63, 3.8) is 0 Å². The largest absolute Gasteiger partial charge is 0.371 e. The molecule has 0 unspecified atom stereocenters. The van der Waals surface area contributed by atoms with Gasteiger partial charge in [-0.05, 0) is 68.9 Å². The number of carbonyl (C=O) groups is 1. The molecule has 1 saturated heterocycles. The van der Waals surface area contributed by atoms with Gasteiger partial charge in [0.05, 0.1) is 5.52 Å². The van der Waals surface area contributed by atoms with E-state index in [-0.39, 0.29) is 6.03 Å². The third kappa shape index (κ3) is 3.90. The van der Waals surface area contributed by atoms with Crippen LogP contribution in [0.4, 0.5) is 4.79 Å². The first-order valence-electron chi connectivity index (χ1n) is 12.3. The van der Waals surface area contributed by atoms with Crippen molar-refractivity contribution in [2.45, 2.75) is 52.0 Å². The Bertz CT molecular complexity index is 1180. The number of hydrogen-bond donors (Lipinski definition) is 1. The van der Waals surface area contributed by atoms with Crippen LogP contribution in [0.1, 0.15) is 56.2 Å². The molecule has 2 aromatic carbocycles. The summed E-state index contributed by atoms with van der Waals surface area (Å²) in [5.74, 6) is 0.517. The molecule has 1 aliphatic carbocycles. The fourth-order valence-corrected chi connectivity index (χ4v) is 5.85. The van der Waals surface area contributed by atoms with Crippen molar-refractivity contribution in [1.82, 2.24) is 14.5 Å².